The number of ether oxygens (including phenoxy) is 1. The van der Waals surface area contributed by atoms with E-state index in [0.29, 0.717) is 18.8 Å². The van der Waals surface area contributed by atoms with Crippen LogP contribution in [0.4, 0.5) is 0 Å². The number of hydroxylamine groups is 1. The third-order valence-electron chi connectivity index (χ3n) is 5.07. The maximum absolute atomic E-state index is 13.1. The summed E-state index contributed by atoms with van der Waals surface area (Å²) < 4.78 is 32.9. The highest BCUT2D eigenvalue weighted by Gasteiger charge is 2.54. The van der Waals surface area contributed by atoms with Gasteiger partial charge in [-0.1, -0.05) is 13.3 Å². The van der Waals surface area contributed by atoms with E-state index in [-0.39, 0.29) is 16.9 Å². The van der Waals surface area contributed by atoms with Crippen molar-refractivity contribution < 1.29 is 23.2 Å². The number of rotatable bonds is 7. The Bertz CT molecular complexity index is 719. The van der Waals surface area contributed by atoms with E-state index in [9.17, 15) is 13.2 Å². The highest BCUT2D eigenvalue weighted by Crippen LogP contribution is 2.45. The normalized spacial score (nSPS) is 25.9. The number of unbranched alkanes of at least 4 members (excludes halogenated alkanes) is 1. The van der Waals surface area contributed by atoms with Gasteiger partial charge in [0.25, 0.3) is 5.91 Å². The van der Waals surface area contributed by atoms with E-state index in [1.54, 1.807) is 17.6 Å². The molecule has 3 atom stereocenters. The van der Waals surface area contributed by atoms with Gasteiger partial charge < -0.3 is 4.74 Å². The van der Waals surface area contributed by atoms with Crippen LogP contribution in [-0.4, -0.2) is 42.5 Å². The first kappa shape index (κ1) is 18.2. The lowest BCUT2D eigenvalue weighted by Gasteiger charge is -2.32. The SMILES string of the molecule is CCCCOc1ccc(S(=O)(=O)N2[C@H]3CCC(C3)[C@@H]2C(=O)NO)cc1. The second kappa shape index (κ2) is 7.31. The minimum Gasteiger partial charge on any atom is -0.494 e. The molecule has 25 heavy (non-hydrogen) atoms. The molecule has 1 unspecified atom stereocenters. The molecule has 1 heterocycles. The molecule has 2 fully saturated rings. The van der Waals surface area contributed by atoms with Crippen LogP contribution in [0.1, 0.15) is 39.0 Å². The van der Waals surface area contributed by atoms with Gasteiger partial charge in [-0.3, -0.25) is 10.0 Å². The molecule has 1 aliphatic carbocycles. The predicted molar refractivity (Wildman–Crippen MR) is 90.7 cm³/mol. The fraction of sp³-hybridized carbons (Fsp3) is 0.588. The molecule has 1 amide bonds. The minimum absolute atomic E-state index is 0.0384. The smallest absolute Gasteiger partial charge is 0.262 e. The third kappa shape index (κ3) is 3.38. The number of amides is 1. The first-order valence-corrected chi connectivity index (χ1v) is 10.1. The van der Waals surface area contributed by atoms with E-state index in [2.05, 4.69) is 6.92 Å². The molecule has 2 N–H and O–H groups in total. The van der Waals surface area contributed by atoms with Crippen molar-refractivity contribution in [2.24, 2.45) is 5.92 Å². The van der Waals surface area contributed by atoms with Crippen LogP contribution in [0.25, 0.3) is 0 Å². The van der Waals surface area contributed by atoms with Gasteiger partial charge in [0.2, 0.25) is 10.0 Å². The highest BCUT2D eigenvalue weighted by molar-refractivity contribution is 7.89. The van der Waals surface area contributed by atoms with Crippen LogP contribution in [0.3, 0.4) is 0 Å². The summed E-state index contributed by atoms with van der Waals surface area (Å²) in [5, 5.41) is 8.98. The van der Waals surface area contributed by atoms with Crippen LogP contribution in [0.15, 0.2) is 29.2 Å². The van der Waals surface area contributed by atoms with Crippen molar-refractivity contribution in [3.8, 4) is 5.75 Å². The summed E-state index contributed by atoms with van der Waals surface area (Å²) in [4.78, 5) is 12.1. The zero-order valence-corrected chi connectivity index (χ0v) is 15.0. The number of hydrogen-bond acceptors (Lipinski definition) is 5. The molecule has 0 spiro atoms. The largest absolute Gasteiger partial charge is 0.494 e. The number of sulfonamides is 1. The van der Waals surface area contributed by atoms with E-state index < -0.39 is 22.0 Å². The van der Waals surface area contributed by atoms with Crippen LogP contribution in [0.2, 0.25) is 0 Å². The molecule has 138 valence electrons. The molecule has 3 rings (SSSR count). The standard InChI is InChI=1S/C17H24N2O5S/c1-2-3-10-24-14-6-8-15(9-7-14)25(22,23)19-13-5-4-12(11-13)16(19)17(20)18-21/h6-9,12-13,16,21H,2-5,10-11H2,1H3,(H,18,20)/t12?,13-,16+/m0/s1. The monoisotopic (exact) mass is 368 g/mol. The van der Waals surface area contributed by atoms with Gasteiger partial charge in [-0.05, 0) is 55.9 Å². The molecule has 7 nitrogen and oxygen atoms in total. The summed E-state index contributed by atoms with van der Waals surface area (Å²) in [6.07, 6.45) is 4.18. The Balaban J connectivity index is 1.82. The zero-order valence-electron chi connectivity index (χ0n) is 14.2. The second-order valence-electron chi connectivity index (χ2n) is 6.66. The quantitative estimate of drug-likeness (QED) is 0.435. The number of nitrogens with zero attached hydrogens (tertiary/aromatic N) is 1. The molecular weight excluding hydrogens is 344 g/mol. The summed E-state index contributed by atoms with van der Waals surface area (Å²) in [5.41, 5.74) is 1.62. The lowest BCUT2D eigenvalue weighted by Crippen LogP contribution is -2.52. The second-order valence-corrected chi connectivity index (χ2v) is 8.50. The Morgan fingerprint density at radius 2 is 2.04 bits per heavy atom. The molecule has 0 aromatic heterocycles. The lowest BCUT2D eigenvalue weighted by molar-refractivity contribution is -0.134. The lowest BCUT2D eigenvalue weighted by atomic mass is 10.00. The molecule has 2 aliphatic rings. The molecule has 8 heteroatoms. The zero-order chi connectivity index (χ0) is 18.0. The maximum atomic E-state index is 13.1. The van der Waals surface area contributed by atoms with Gasteiger partial charge >= 0.3 is 0 Å². The fourth-order valence-corrected chi connectivity index (χ4v) is 5.72. The fourth-order valence-electron chi connectivity index (χ4n) is 3.85. The van der Waals surface area contributed by atoms with Crippen LogP contribution in [0, 0.1) is 5.92 Å². The van der Waals surface area contributed by atoms with Gasteiger partial charge in [0.1, 0.15) is 11.8 Å². The van der Waals surface area contributed by atoms with Crippen LogP contribution in [-0.2, 0) is 14.8 Å². The Labute approximate surface area is 148 Å². The number of carbonyl (C=O) groups excluding carboxylic acids is 1. The van der Waals surface area contributed by atoms with Gasteiger partial charge in [-0.2, -0.15) is 4.31 Å². The summed E-state index contributed by atoms with van der Waals surface area (Å²) in [6.45, 7) is 2.67. The Hall–Kier alpha value is -1.64. The molecule has 1 aromatic rings. The first-order valence-electron chi connectivity index (χ1n) is 8.69. The molecule has 1 aromatic carbocycles. The van der Waals surface area contributed by atoms with Crippen molar-refractivity contribution in [1.82, 2.24) is 9.79 Å². The van der Waals surface area contributed by atoms with E-state index >= 15 is 0 Å². The predicted octanol–water partition coefficient (Wildman–Crippen LogP) is 1.91. The highest BCUT2D eigenvalue weighted by atomic mass is 32.2. The van der Waals surface area contributed by atoms with Gasteiger partial charge in [0.05, 0.1) is 11.5 Å². The average molecular weight is 368 g/mol. The van der Waals surface area contributed by atoms with Crippen molar-refractivity contribution >= 4 is 15.9 Å². The van der Waals surface area contributed by atoms with Gasteiger partial charge in [0.15, 0.2) is 0 Å². The van der Waals surface area contributed by atoms with Crippen LogP contribution < -0.4 is 10.2 Å². The number of hydrogen-bond donors (Lipinski definition) is 2. The minimum atomic E-state index is -3.81. The summed E-state index contributed by atoms with van der Waals surface area (Å²) >= 11 is 0. The Morgan fingerprint density at radius 3 is 2.68 bits per heavy atom. The average Bonchev–Trinajstić information content (AvgIpc) is 3.23. The van der Waals surface area contributed by atoms with E-state index in [0.717, 1.165) is 25.7 Å². The molecule has 0 radical (unpaired) electrons. The molecule has 1 saturated carbocycles. The number of carbonyl (C=O) groups is 1. The Morgan fingerprint density at radius 1 is 1.32 bits per heavy atom. The molecule has 1 saturated heterocycles. The summed E-state index contributed by atoms with van der Waals surface area (Å²) in [5.74, 6) is -0.0705. The van der Waals surface area contributed by atoms with Crippen molar-refractivity contribution in [3.05, 3.63) is 24.3 Å². The van der Waals surface area contributed by atoms with Crippen LogP contribution in [0.5, 0.6) is 5.75 Å². The molecular formula is C17H24N2O5S. The van der Waals surface area contributed by atoms with Gasteiger partial charge in [-0.25, -0.2) is 13.9 Å². The van der Waals surface area contributed by atoms with Crippen LogP contribution >= 0.6 is 0 Å². The van der Waals surface area contributed by atoms with Gasteiger partial charge in [-0.15, -0.1) is 0 Å². The van der Waals surface area contributed by atoms with Gasteiger partial charge in [0, 0.05) is 6.04 Å². The van der Waals surface area contributed by atoms with E-state index in [4.69, 9.17) is 9.94 Å². The maximum Gasteiger partial charge on any atom is 0.262 e. The number of benzene rings is 1. The summed E-state index contributed by atoms with van der Waals surface area (Å²) in [7, 11) is -3.81. The van der Waals surface area contributed by atoms with Crippen molar-refractivity contribution in [1.29, 1.82) is 0 Å². The Kier molecular flexibility index (Phi) is 5.31. The third-order valence-corrected chi connectivity index (χ3v) is 7.02. The summed E-state index contributed by atoms with van der Waals surface area (Å²) in [6, 6.07) is 5.27. The van der Waals surface area contributed by atoms with Crippen molar-refractivity contribution in [2.45, 2.75) is 56.0 Å². The van der Waals surface area contributed by atoms with E-state index in [1.165, 1.54) is 16.4 Å². The number of fused-ring (bicyclic) bond motifs is 2. The van der Waals surface area contributed by atoms with Crippen molar-refractivity contribution in [3.63, 3.8) is 0 Å². The number of piperidine rings is 1. The van der Waals surface area contributed by atoms with E-state index in [1.807, 2.05) is 0 Å². The number of nitrogens with one attached hydrogen (secondary N) is 1. The topological polar surface area (TPSA) is 95.9 Å². The molecule has 2 bridgehead atoms. The molecule has 1 aliphatic heterocycles. The first-order chi connectivity index (χ1) is 12.0. The van der Waals surface area contributed by atoms with Crippen molar-refractivity contribution in [2.75, 3.05) is 6.61 Å².